The monoisotopic (exact) mass is 322 g/mol. The van der Waals surface area contributed by atoms with Gasteiger partial charge in [0.15, 0.2) is 0 Å². The first-order chi connectivity index (χ1) is 8.34. The Bertz CT molecular complexity index is 610. The van der Waals surface area contributed by atoms with Gasteiger partial charge in [0.25, 0.3) is 0 Å². The molecule has 0 aliphatic heterocycles. The summed E-state index contributed by atoms with van der Waals surface area (Å²) in [4.78, 5) is 0.410. The van der Waals surface area contributed by atoms with Crippen molar-refractivity contribution in [3.63, 3.8) is 0 Å². The number of benzene rings is 1. The molecule has 0 amide bonds. The van der Waals surface area contributed by atoms with Gasteiger partial charge in [0.05, 0.1) is 0 Å². The summed E-state index contributed by atoms with van der Waals surface area (Å²) in [6.07, 6.45) is 1.06. The SMILES string of the molecule is BrC(Cc1ccsc1)c1csc2ccccc12. The van der Waals surface area contributed by atoms with E-state index in [9.17, 15) is 0 Å². The Morgan fingerprint density at radius 2 is 2.00 bits per heavy atom. The van der Waals surface area contributed by atoms with Gasteiger partial charge in [0, 0.05) is 9.53 Å². The molecule has 1 atom stereocenters. The van der Waals surface area contributed by atoms with E-state index in [2.05, 4.69) is 62.4 Å². The molecule has 2 heterocycles. The zero-order valence-electron chi connectivity index (χ0n) is 9.10. The van der Waals surface area contributed by atoms with E-state index in [4.69, 9.17) is 0 Å². The lowest BCUT2D eigenvalue weighted by atomic mass is 10.1. The lowest BCUT2D eigenvalue weighted by molar-refractivity contribution is 0.968. The second-order valence-electron chi connectivity index (χ2n) is 3.99. The molecule has 3 rings (SSSR count). The highest BCUT2D eigenvalue weighted by Crippen LogP contribution is 2.36. The van der Waals surface area contributed by atoms with E-state index in [0.29, 0.717) is 4.83 Å². The van der Waals surface area contributed by atoms with E-state index in [1.54, 1.807) is 11.3 Å². The van der Waals surface area contributed by atoms with Crippen molar-refractivity contribution in [2.75, 3.05) is 0 Å². The largest absolute Gasteiger partial charge is 0.152 e. The summed E-state index contributed by atoms with van der Waals surface area (Å²) < 4.78 is 1.37. The van der Waals surface area contributed by atoms with Gasteiger partial charge in [-0.1, -0.05) is 34.1 Å². The molecule has 0 aliphatic rings. The smallest absolute Gasteiger partial charge is 0.0450 e. The molecule has 0 aliphatic carbocycles. The van der Waals surface area contributed by atoms with Gasteiger partial charge in [-0.25, -0.2) is 0 Å². The number of alkyl halides is 1. The Kier molecular flexibility index (Phi) is 3.32. The van der Waals surface area contributed by atoms with E-state index in [1.165, 1.54) is 21.2 Å². The summed E-state index contributed by atoms with van der Waals surface area (Å²) in [5.74, 6) is 0. The molecule has 0 bridgehead atoms. The number of fused-ring (bicyclic) bond motifs is 1. The second-order valence-corrected chi connectivity index (χ2v) is 6.79. The molecule has 0 radical (unpaired) electrons. The van der Waals surface area contributed by atoms with Crippen molar-refractivity contribution >= 4 is 48.7 Å². The van der Waals surface area contributed by atoms with E-state index >= 15 is 0 Å². The van der Waals surface area contributed by atoms with Crippen LogP contribution in [0.4, 0.5) is 0 Å². The van der Waals surface area contributed by atoms with Crippen LogP contribution >= 0.6 is 38.6 Å². The minimum absolute atomic E-state index is 0.410. The summed E-state index contributed by atoms with van der Waals surface area (Å²) in [5.41, 5.74) is 2.82. The van der Waals surface area contributed by atoms with Gasteiger partial charge in [0.1, 0.15) is 0 Å². The summed E-state index contributed by atoms with van der Waals surface area (Å²) in [7, 11) is 0. The third-order valence-electron chi connectivity index (χ3n) is 2.84. The average molecular weight is 323 g/mol. The second kappa shape index (κ2) is 4.92. The Labute approximate surface area is 117 Å². The standard InChI is InChI=1S/C14H11BrS2/c15-13(7-10-5-6-16-8-10)12-9-17-14-4-2-1-3-11(12)14/h1-6,8-9,13H,7H2. The molecule has 1 aromatic carbocycles. The molecule has 0 saturated heterocycles. The van der Waals surface area contributed by atoms with Crippen LogP contribution < -0.4 is 0 Å². The zero-order chi connectivity index (χ0) is 11.7. The van der Waals surface area contributed by atoms with Crippen molar-refractivity contribution in [1.29, 1.82) is 0 Å². The summed E-state index contributed by atoms with van der Waals surface area (Å²) in [5, 5.41) is 8.02. The molecule has 0 spiro atoms. The Hall–Kier alpha value is -0.640. The van der Waals surface area contributed by atoms with Crippen molar-refractivity contribution in [2.45, 2.75) is 11.2 Å². The molecule has 3 heteroatoms. The van der Waals surface area contributed by atoms with Gasteiger partial charge in [-0.05, 0) is 51.2 Å². The van der Waals surface area contributed by atoms with Crippen molar-refractivity contribution in [1.82, 2.24) is 0 Å². The van der Waals surface area contributed by atoms with Gasteiger partial charge in [0.2, 0.25) is 0 Å². The maximum Gasteiger partial charge on any atom is 0.0450 e. The first kappa shape index (κ1) is 11.5. The van der Waals surface area contributed by atoms with Crippen LogP contribution in [0, 0.1) is 0 Å². The molecule has 17 heavy (non-hydrogen) atoms. The molecular formula is C14H11BrS2. The number of hydrogen-bond acceptors (Lipinski definition) is 2. The summed E-state index contributed by atoms with van der Waals surface area (Å²) in [6, 6.07) is 10.8. The minimum atomic E-state index is 0.410. The first-order valence-corrected chi connectivity index (χ1v) is 8.19. The molecule has 3 aromatic rings. The fourth-order valence-electron chi connectivity index (χ4n) is 1.97. The molecule has 2 aromatic heterocycles. The maximum atomic E-state index is 3.82. The van der Waals surface area contributed by atoms with Crippen LogP contribution in [0.25, 0.3) is 10.1 Å². The Morgan fingerprint density at radius 1 is 1.12 bits per heavy atom. The van der Waals surface area contributed by atoms with Crippen molar-refractivity contribution < 1.29 is 0 Å². The predicted molar refractivity (Wildman–Crippen MR) is 81.5 cm³/mol. The average Bonchev–Trinajstić information content (AvgIpc) is 2.96. The van der Waals surface area contributed by atoms with E-state index < -0.39 is 0 Å². The number of rotatable bonds is 3. The van der Waals surface area contributed by atoms with Crippen LogP contribution in [0.5, 0.6) is 0 Å². The Balaban J connectivity index is 1.93. The van der Waals surface area contributed by atoms with Gasteiger partial charge in [-0.15, -0.1) is 11.3 Å². The van der Waals surface area contributed by atoms with Crippen molar-refractivity contribution in [3.8, 4) is 0 Å². The van der Waals surface area contributed by atoms with Crippen molar-refractivity contribution in [2.24, 2.45) is 0 Å². The van der Waals surface area contributed by atoms with Crippen LogP contribution in [-0.4, -0.2) is 0 Å². The van der Waals surface area contributed by atoms with Gasteiger partial charge < -0.3 is 0 Å². The van der Waals surface area contributed by atoms with E-state index in [-0.39, 0.29) is 0 Å². The first-order valence-electron chi connectivity index (χ1n) is 5.46. The molecular weight excluding hydrogens is 312 g/mol. The molecule has 86 valence electrons. The van der Waals surface area contributed by atoms with Crippen LogP contribution in [0.1, 0.15) is 16.0 Å². The molecule has 0 fully saturated rings. The predicted octanol–water partition coefficient (Wildman–Crippen LogP) is 5.64. The van der Waals surface area contributed by atoms with Gasteiger partial charge in [-0.2, -0.15) is 11.3 Å². The topological polar surface area (TPSA) is 0 Å². The molecule has 0 nitrogen and oxygen atoms in total. The fourth-order valence-corrected chi connectivity index (χ4v) is 4.59. The number of hydrogen-bond donors (Lipinski definition) is 0. The van der Waals surface area contributed by atoms with E-state index in [0.717, 1.165) is 6.42 Å². The fraction of sp³-hybridized carbons (Fsp3) is 0.143. The Morgan fingerprint density at radius 3 is 2.82 bits per heavy atom. The maximum absolute atomic E-state index is 3.82. The molecule has 1 unspecified atom stereocenters. The third kappa shape index (κ3) is 2.32. The highest BCUT2D eigenvalue weighted by molar-refractivity contribution is 9.09. The van der Waals surface area contributed by atoms with Crippen LogP contribution in [0.15, 0.2) is 46.5 Å². The van der Waals surface area contributed by atoms with Gasteiger partial charge in [-0.3, -0.25) is 0 Å². The van der Waals surface area contributed by atoms with Crippen LogP contribution in [0.3, 0.4) is 0 Å². The van der Waals surface area contributed by atoms with Crippen LogP contribution in [-0.2, 0) is 6.42 Å². The highest BCUT2D eigenvalue weighted by atomic mass is 79.9. The lowest BCUT2D eigenvalue weighted by Gasteiger charge is -2.07. The van der Waals surface area contributed by atoms with Crippen LogP contribution in [0.2, 0.25) is 0 Å². The molecule has 0 N–H and O–H groups in total. The summed E-state index contributed by atoms with van der Waals surface area (Å²) >= 11 is 7.41. The normalized spacial score (nSPS) is 13.0. The number of halogens is 1. The lowest BCUT2D eigenvalue weighted by Crippen LogP contribution is -1.92. The summed E-state index contributed by atoms with van der Waals surface area (Å²) in [6.45, 7) is 0. The number of thiophene rings is 2. The highest BCUT2D eigenvalue weighted by Gasteiger charge is 2.13. The minimum Gasteiger partial charge on any atom is -0.152 e. The molecule has 0 saturated carbocycles. The quantitative estimate of drug-likeness (QED) is 0.547. The zero-order valence-corrected chi connectivity index (χ0v) is 12.3. The van der Waals surface area contributed by atoms with Crippen molar-refractivity contribution in [3.05, 3.63) is 57.6 Å². The third-order valence-corrected chi connectivity index (χ3v) is 5.37. The van der Waals surface area contributed by atoms with Gasteiger partial charge >= 0.3 is 0 Å². The van der Waals surface area contributed by atoms with E-state index in [1.807, 2.05) is 11.3 Å².